The van der Waals surface area contributed by atoms with Crippen molar-refractivity contribution in [3.05, 3.63) is 47.4 Å². The van der Waals surface area contributed by atoms with Gasteiger partial charge in [-0.2, -0.15) is 4.98 Å². The van der Waals surface area contributed by atoms with Crippen molar-refractivity contribution >= 4 is 11.8 Å². The number of rotatable bonds is 6. The molecule has 2 aromatic rings. The zero-order chi connectivity index (χ0) is 14.4. The lowest BCUT2D eigenvalue weighted by molar-refractivity contribution is 0.617. The van der Waals surface area contributed by atoms with E-state index in [0.717, 1.165) is 18.5 Å². The van der Waals surface area contributed by atoms with Crippen LogP contribution in [0.3, 0.4) is 0 Å². The Kier molecular flexibility index (Phi) is 4.87. The molecule has 0 aliphatic rings. The van der Waals surface area contributed by atoms with E-state index in [0.29, 0.717) is 12.5 Å². The van der Waals surface area contributed by atoms with Crippen LogP contribution in [0.15, 0.2) is 30.5 Å². The second kappa shape index (κ2) is 6.84. The van der Waals surface area contributed by atoms with Crippen molar-refractivity contribution in [1.82, 2.24) is 9.97 Å². The minimum absolute atomic E-state index is 0.221. The van der Waals surface area contributed by atoms with Gasteiger partial charge in [-0.25, -0.2) is 9.37 Å². The molecule has 1 heterocycles. The van der Waals surface area contributed by atoms with Crippen LogP contribution in [0.5, 0.6) is 0 Å². The summed E-state index contributed by atoms with van der Waals surface area (Å²) in [7, 11) is 0. The van der Waals surface area contributed by atoms with Crippen molar-refractivity contribution in [3.63, 3.8) is 0 Å². The molecule has 0 bridgehead atoms. The number of benzene rings is 1. The maximum atomic E-state index is 13.6. The zero-order valence-corrected chi connectivity index (χ0v) is 11.8. The lowest BCUT2D eigenvalue weighted by Crippen LogP contribution is -2.09. The standard InChI is InChI=1S/C15H19FN4/c1-3-8-17-15-19-10-13(16)14(20-15)18-9-12-6-4-11(2)5-7-12/h4-7,10H,3,8-9H2,1-2H3,(H2,17,18,19,20). The first-order chi connectivity index (χ1) is 9.69. The number of halogens is 1. The van der Waals surface area contributed by atoms with Crippen LogP contribution in [-0.2, 0) is 6.54 Å². The molecule has 1 aromatic heterocycles. The molecular weight excluding hydrogens is 255 g/mol. The maximum Gasteiger partial charge on any atom is 0.224 e. The summed E-state index contributed by atoms with van der Waals surface area (Å²) in [6.45, 7) is 5.38. The highest BCUT2D eigenvalue weighted by Gasteiger charge is 2.06. The van der Waals surface area contributed by atoms with E-state index < -0.39 is 5.82 Å². The molecule has 0 aliphatic heterocycles. The topological polar surface area (TPSA) is 49.8 Å². The summed E-state index contributed by atoms with van der Waals surface area (Å²) in [5.41, 5.74) is 2.28. The molecule has 0 unspecified atom stereocenters. The third-order valence-corrected chi connectivity index (χ3v) is 2.86. The fourth-order valence-electron chi connectivity index (χ4n) is 1.70. The summed E-state index contributed by atoms with van der Waals surface area (Å²) in [4.78, 5) is 8.04. The Hall–Kier alpha value is -2.17. The predicted octanol–water partition coefficient (Wildman–Crippen LogP) is 3.36. The fraction of sp³-hybridized carbons (Fsp3) is 0.333. The van der Waals surface area contributed by atoms with Crippen molar-refractivity contribution < 1.29 is 4.39 Å². The Bertz CT molecular complexity index is 554. The number of nitrogens with one attached hydrogen (secondary N) is 2. The van der Waals surface area contributed by atoms with E-state index in [-0.39, 0.29) is 5.82 Å². The molecule has 1 aromatic carbocycles. The Morgan fingerprint density at radius 3 is 2.60 bits per heavy atom. The molecule has 4 nitrogen and oxygen atoms in total. The molecule has 2 N–H and O–H groups in total. The SMILES string of the molecule is CCCNc1ncc(F)c(NCc2ccc(C)cc2)n1. The Labute approximate surface area is 118 Å². The van der Waals surface area contributed by atoms with Crippen LogP contribution in [0, 0.1) is 12.7 Å². The van der Waals surface area contributed by atoms with Gasteiger partial charge in [-0.15, -0.1) is 0 Å². The van der Waals surface area contributed by atoms with E-state index >= 15 is 0 Å². The van der Waals surface area contributed by atoms with Gasteiger partial charge >= 0.3 is 0 Å². The highest BCUT2D eigenvalue weighted by atomic mass is 19.1. The Morgan fingerprint density at radius 1 is 1.15 bits per heavy atom. The molecule has 20 heavy (non-hydrogen) atoms. The number of hydrogen-bond donors (Lipinski definition) is 2. The molecule has 0 amide bonds. The summed E-state index contributed by atoms with van der Waals surface area (Å²) in [6.07, 6.45) is 2.15. The van der Waals surface area contributed by atoms with Crippen molar-refractivity contribution in [3.8, 4) is 0 Å². The average molecular weight is 274 g/mol. The van der Waals surface area contributed by atoms with Crippen LogP contribution in [0.4, 0.5) is 16.2 Å². The first-order valence-corrected chi connectivity index (χ1v) is 6.75. The molecule has 5 heteroatoms. The maximum absolute atomic E-state index is 13.6. The highest BCUT2D eigenvalue weighted by Crippen LogP contribution is 2.13. The second-order valence-corrected chi connectivity index (χ2v) is 4.66. The van der Waals surface area contributed by atoms with E-state index in [1.54, 1.807) is 0 Å². The summed E-state index contributed by atoms with van der Waals surface area (Å²) in [5.74, 6) is 0.220. The lowest BCUT2D eigenvalue weighted by atomic mass is 10.1. The van der Waals surface area contributed by atoms with Gasteiger partial charge in [0.15, 0.2) is 11.6 Å². The number of anilines is 2. The first-order valence-electron chi connectivity index (χ1n) is 6.75. The zero-order valence-electron chi connectivity index (χ0n) is 11.8. The number of aromatic nitrogens is 2. The minimum atomic E-state index is -0.445. The van der Waals surface area contributed by atoms with E-state index in [1.165, 1.54) is 11.8 Å². The van der Waals surface area contributed by atoms with Crippen LogP contribution in [0.1, 0.15) is 24.5 Å². The monoisotopic (exact) mass is 274 g/mol. The summed E-state index contributed by atoms with van der Waals surface area (Å²) in [6, 6.07) is 8.08. The molecule has 0 radical (unpaired) electrons. The Balaban J connectivity index is 2.02. The van der Waals surface area contributed by atoms with Crippen molar-refractivity contribution in [2.45, 2.75) is 26.8 Å². The minimum Gasteiger partial charge on any atom is -0.363 e. The molecule has 0 spiro atoms. The van der Waals surface area contributed by atoms with Gasteiger partial charge in [0.2, 0.25) is 5.95 Å². The number of aryl methyl sites for hydroxylation is 1. The van der Waals surface area contributed by atoms with E-state index in [9.17, 15) is 4.39 Å². The molecule has 106 valence electrons. The van der Waals surface area contributed by atoms with E-state index in [2.05, 4.69) is 20.6 Å². The lowest BCUT2D eigenvalue weighted by Gasteiger charge is -2.09. The summed E-state index contributed by atoms with van der Waals surface area (Å²) in [5, 5.41) is 6.04. The van der Waals surface area contributed by atoms with Crippen molar-refractivity contribution in [2.75, 3.05) is 17.2 Å². The normalized spacial score (nSPS) is 10.3. The van der Waals surface area contributed by atoms with Crippen LogP contribution < -0.4 is 10.6 Å². The Morgan fingerprint density at radius 2 is 1.90 bits per heavy atom. The second-order valence-electron chi connectivity index (χ2n) is 4.66. The third kappa shape index (κ3) is 3.91. The van der Waals surface area contributed by atoms with Crippen LogP contribution in [0.2, 0.25) is 0 Å². The van der Waals surface area contributed by atoms with Crippen LogP contribution in [0.25, 0.3) is 0 Å². The average Bonchev–Trinajstić information content (AvgIpc) is 2.46. The van der Waals surface area contributed by atoms with Gasteiger partial charge in [-0.05, 0) is 18.9 Å². The molecule has 0 saturated carbocycles. The molecule has 0 fully saturated rings. The molecule has 0 atom stereocenters. The van der Waals surface area contributed by atoms with Crippen LogP contribution >= 0.6 is 0 Å². The van der Waals surface area contributed by atoms with Gasteiger partial charge in [-0.3, -0.25) is 0 Å². The van der Waals surface area contributed by atoms with Crippen molar-refractivity contribution in [2.24, 2.45) is 0 Å². The third-order valence-electron chi connectivity index (χ3n) is 2.86. The quantitative estimate of drug-likeness (QED) is 0.848. The van der Waals surface area contributed by atoms with Gasteiger partial charge in [0.05, 0.1) is 6.20 Å². The highest BCUT2D eigenvalue weighted by molar-refractivity contribution is 5.41. The number of nitrogens with zero attached hydrogens (tertiary/aromatic N) is 2. The largest absolute Gasteiger partial charge is 0.363 e. The van der Waals surface area contributed by atoms with E-state index in [1.807, 2.05) is 38.1 Å². The van der Waals surface area contributed by atoms with Crippen molar-refractivity contribution in [1.29, 1.82) is 0 Å². The predicted molar refractivity (Wildman–Crippen MR) is 79.3 cm³/mol. The molecule has 0 saturated heterocycles. The fourth-order valence-corrected chi connectivity index (χ4v) is 1.70. The molecule has 2 rings (SSSR count). The first kappa shape index (κ1) is 14.2. The van der Waals surface area contributed by atoms with Gasteiger partial charge < -0.3 is 10.6 Å². The smallest absolute Gasteiger partial charge is 0.224 e. The summed E-state index contributed by atoms with van der Waals surface area (Å²) >= 11 is 0. The van der Waals surface area contributed by atoms with Crippen LogP contribution in [-0.4, -0.2) is 16.5 Å². The number of hydrogen-bond acceptors (Lipinski definition) is 4. The van der Waals surface area contributed by atoms with Gasteiger partial charge in [0.1, 0.15) is 0 Å². The summed E-state index contributed by atoms with van der Waals surface area (Å²) < 4.78 is 13.6. The van der Waals surface area contributed by atoms with Gasteiger partial charge in [0, 0.05) is 13.1 Å². The molecule has 0 aliphatic carbocycles. The van der Waals surface area contributed by atoms with E-state index in [4.69, 9.17) is 0 Å². The van der Waals surface area contributed by atoms with Gasteiger partial charge in [0.25, 0.3) is 0 Å². The molecular formula is C15H19FN4. The van der Waals surface area contributed by atoms with Gasteiger partial charge in [-0.1, -0.05) is 36.8 Å².